The lowest BCUT2D eigenvalue weighted by Gasteiger charge is -2.05. The van der Waals surface area contributed by atoms with E-state index in [-0.39, 0.29) is 11.5 Å². The van der Waals surface area contributed by atoms with Gasteiger partial charge in [0.05, 0.1) is 5.69 Å². The Morgan fingerprint density at radius 3 is 2.18 bits per heavy atom. The van der Waals surface area contributed by atoms with Crippen LogP contribution < -0.4 is 11.5 Å². The van der Waals surface area contributed by atoms with Crippen molar-refractivity contribution < 1.29 is 4.39 Å². The molecule has 3 heteroatoms. The highest BCUT2D eigenvalue weighted by Gasteiger charge is 2.03. The number of rotatable bonds is 0. The van der Waals surface area contributed by atoms with E-state index in [1.807, 2.05) is 30.3 Å². The third-order valence-corrected chi connectivity index (χ3v) is 2.94. The van der Waals surface area contributed by atoms with Crippen LogP contribution in [-0.2, 0) is 0 Å². The van der Waals surface area contributed by atoms with Crippen LogP contribution in [0.1, 0.15) is 0 Å². The molecule has 4 N–H and O–H groups in total. The summed E-state index contributed by atoms with van der Waals surface area (Å²) in [6, 6.07) is 12.7. The normalized spacial score (nSPS) is 11.1. The highest BCUT2D eigenvalue weighted by atomic mass is 19.1. The maximum atomic E-state index is 13.4. The Labute approximate surface area is 97.6 Å². The van der Waals surface area contributed by atoms with Gasteiger partial charge in [-0.05, 0) is 57.9 Å². The van der Waals surface area contributed by atoms with E-state index in [4.69, 9.17) is 11.5 Å². The van der Waals surface area contributed by atoms with Crippen molar-refractivity contribution in [1.82, 2.24) is 0 Å². The first kappa shape index (κ1) is 9.90. The Kier molecular flexibility index (Phi) is 1.95. The third-order valence-electron chi connectivity index (χ3n) is 2.94. The van der Waals surface area contributed by atoms with Crippen molar-refractivity contribution in [2.45, 2.75) is 0 Å². The van der Waals surface area contributed by atoms with E-state index in [1.54, 1.807) is 6.07 Å². The molecule has 0 unspecified atom stereocenters. The summed E-state index contributed by atoms with van der Waals surface area (Å²) in [7, 11) is 0. The fraction of sp³-hybridized carbons (Fsp3) is 0. The van der Waals surface area contributed by atoms with Crippen LogP contribution in [0.15, 0.2) is 42.5 Å². The summed E-state index contributed by atoms with van der Waals surface area (Å²) >= 11 is 0. The first-order chi connectivity index (χ1) is 8.13. The zero-order chi connectivity index (χ0) is 12.0. The largest absolute Gasteiger partial charge is 0.399 e. The van der Waals surface area contributed by atoms with Gasteiger partial charge in [-0.15, -0.1) is 0 Å². The van der Waals surface area contributed by atoms with E-state index in [0.29, 0.717) is 5.69 Å². The van der Waals surface area contributed by atoms with E-state index >= 15 is 0 Å². The predicted octanol–water partition coefficient (Wildman–Crippen LogP) is 3.30. The van der Waals surface area contributed by atoms with Gasteiger partial charge in [0.25, 0.3) is 0 Å². The van der Waals surface area contributed by atoms with Crippen molar-refractivity contribution in [3.05, 3.63) is 48.3 Å². The zero-order valence-electron chi connectivity index (χ0n) is 9.07. The second-order valence-electron chi connectivity index (χ2n) is 4.18. The number of fused-ring (bicyclic) bond motifs is 2. The van der Waals surface area contributed by atoms with Gasteiger partial charge in [-0.2, -0.15) is 0 Å². The van der Waals surface area contributed by atoms with Gasteiger partial charge in [0.15, 0.2) is 0 Å². The number of anilines is 2. The van der Waals surface area contributed by atoms with Crippen LogP contribution in [0.3, 0.4) is 0 Å². The van der Waals surface area contributed by atoms with Crippen LogP contribution in [0.2, 0.25) is 0 Å². The van der Waals surface area contributed by atoms with Crippen molar-refractivity contribution in [3.63, 3.8) is 0 Å². The van der Waals surface area contributed by atoms with Crippen LogP contribution in [-0.4, -0.2) is 0 Å². The minimum atomic E-state index is -0.388. The lowest BCUT2D eigenvalue weighted by atomic mass is 10.0. The van der Waals surface area contributed by atoms with Gasteiger partial charge in [0, 0.05) is 5.69 Å². The molecule has 0 atom stereocenters. The van der Waals surface area contributed by atoms with Gasteiger partial charge in [0.1, 0.15) is 5.82 Å². The summed E-state index contributed by atoms with van der Waals surface area (Å²) in [4.78, 5) is 0. The fourth-order valence-electron chi connectivity index (χ4n) is 2.06. The zero-order valence-corrected chi connectivity index (χ0v) is 9.07. The summed E-state index contributed by atoms with van der Waals surface area (Å²) < 4.78 is 13.4. The maximum absolute atomic E-state index is 13.4. The van der Waals surface area contributed by atoms with Crippen molar-refractivity contribution in [2.75, 3.05) is 11.5 Å². The van der Waals surface area contributed by atoms with Gasteiger partial charge in [-0.1, -0.05) is 6.07 Å². The standard InChI is InChI=1S/C14H11FN2/c15-13-6-10-4-9-5-12(16)2-1-8(9)3-11(10)7-14(13)17/h1-7H,16-17H2. The van der Waals surface area contributed by atoms with Gasteiger partial charge in [0.2, 0.25) is 0 Å². The molecule has 0 saturated heterocycles. The monoisotopic (exact) mass is 226 g/mol. The molecule has 0 amide bonds. The van der Waals surface area contributed by atoms with Gasteiger partial charge < -0.3 is 11.5 Å². The second-order valence-corrected chi connectivity index (χ2v) is 4.18. The van der Waals surface area contributed by atoms with Crippen molar-refractivity contribution in [2.24, 2.45) is 0 Å². The van der Waals surface area contributed by atoms with Gasteiger partial charge in [-0.25, -0.2) is 4.39 Å². The van der Waals surface area contributed by atoms with E-state index in [9.17, 15) is 4.39 Å². The number of benzene rings is 3. The SMILES string of the molecule is Nc1ccc2cc3cc(N)c(F)cc3cc2c1. The second kappa shape index (κ2) is 3.35. The molecule has 0 radical (unpaired) electrons. The molecule has 3 rings (SSSR count). The summed E-state index contributed by atoms with van der Waals surface area (Å²) in [6.07, 6.45) is 0. The van der Waals surface area contributed by atoms with Crippen LogP contribution in [0.5, 0.6) is 0 Å². The Hall–Kier alpha value is -2.29. The van der Waals surface area contributed by atoms with Crippen molar-refractivity contribution in [3.8, 4) is 0 Å². The number of hydrogen-bond acceptors (Lipinski definition) is 2. The average Bonchev–Trinajstić information content (AvgIpc) is 2.28. The van der Waals surface area contributed by atoms with Crippen molar-refractivity contribution in [1.29, 1.82) is 0 Å². The Morgan fingerprint density at radius 2 is 1.35 bits per heavy atom. The molecule has 0 aliphatic heterocycles. The van der Waals surface area contributed by atoms with Gasteiger partial charge in [-0.3, -0.25) is 0 Å². The van der Waals surface area contributed by atoms with E-state index < -0.39 is 0 Å². The number of halogens is 1. The molecular formula is C14H11FN2. The Balaban J connectivity index is 2.43. The third kappa shape index (κ3) is 1.56. The van der Waals surface area contributed by atoms with Crippen LogP contribution >= 0.6 is 0 Å². The van der Waals surface area contributed by atoms with E-state index in [1.165, 1.54) is 6.07 Å². The summed E-state index contributed by atoms with van der Waals surface area (Å²) in [5.74, 6) is -0.388. The molecule has 2 nitrogen and oxygen atoms in total. The lowest BCUT2D eigenvalue weighted by Crippen LogP contribution is -1.90. The molecule has 3 aromatic carbocycles. The number of hydrogen-bond donors (Lipinski definition) is 2. The predicted molar refractivity (Wildman–Crippen MR) is 70.2 cm³/mol. The fourth-order valence-corrected chi connectivity index (χ4v) is 2.06. The minimum absolute atomic E-state index is 0.173. The molecule has 0 saturated carbocycles. The molecule has 17 heavy (non-hydrogen) atoms. The maximum Gasteiger partial charge on any atom is 0.146 e. The average molecular weight is 226 g/mol. The first-order valence-electron chi connectivity index (χ1n) is 5.31. The van der Waals surface area contributed by atoms with Crippen LogP contribution in [0.4, 0.5) is 15.8 Å². The Bertz CT molecular complexity index is 735. The lowest BCUT2D eigenvalue weighted by molar-refractivity contribution is 0.634. The van der Waals surface area contributed by atoms with Crippen LogP contribution in [0.25, 0.3) is 21.5 Å². The van der Waals surface area contributed by atoms with E-state index in [2.05, 4.69) is 0 Å². The molecule has 0 bridgehead atoms. The molecule has 3 aromatic rings. The highest BCUT2D eigenvalue weighted by Crippen LogP contribution is 2.27. The van der Waals surface area contributed by atoms with Gasteiger partial charge >= 0.3 is 0 Å². The topological polar surface area (TPSA) is 52.0 Å². The molecule has 0 fully saturated rings. The summed E-state index contributed by atoms with van der Waals surface area (Å²) in [5, 5.41) is 3.83. The number of nitrogens with two attached hydrogens (primary N) is 2. The molecule has 84 valence electrons. The molecule has 0 spiro atoms. The number of nitrogen functional groups attached to an aromatic ring is 2. The van der Waals surface area contributed by atoms with Crippen LogP contribution in [0, 0.1) is 5.82 Å². The van der Waals surface area contributed by atoms with Crippen molar-refractivity contribution >= 4 is 32.9 Å². The molecule has 0 aliphatic rings. The molecule has 0 heterocycles. The van der Waals surface area contributed by atoms with E-state index in [0.717, 1.165) is 21.5 Å². The summed E-state index contributed by atoms with van der Waals surface area (Å²) in [5.41, 5.74) is 12.2. The Morgan fingerprint density at radius 1 is 0.706 bits per heavy atom. The highest BCUT2D eigenvalue weighted by molar-refractivity contribution is 6.00. The minimum Gasteiger partial charge on any atom is -0.399 e. The quantitative estimate of drug-likeness (QED) is 0.456. The summed E-state index contributed by atoms with van der Waals surface area (Å²) in [6.45, 7) is 0. The molecule has 0 aromatic heterocycles. The smallest absolute Gasteiger partial charge is 0.146 e. The first-order valence-corrected chi connectivity index (χ1v) is 5.31. The molecule has 0 aliphatic carbocycles. The molecular weight excluding hydrogens is 215 g/mol.